The molecule has 0 aromatic carbocycles. The fourth-order valence-electron chi connectivity index (χ4n) is 3.04. The number of aryl methyl sites for hydroxylation is 1. The second kappa shape index (κ2) is 10.6. The summed E-state index contributed by atoms with van der Waals surface area (Å²) in [5, 5.41) is 18.8. The van der Waals surface area contributed by atoms with E-state index in [0.29, 0.717) is 32.2 Å². The minimum atomic E-state index is -0.823. The van der Waals surface area contributed by atoms with Gasteiger partial charge in [0.1, 0.15) is 5.76 Å². The van der Waals surface area contributed by atoms with Gasteiger partial charge in [-0.2, -0.15) is 0 Å². The van der Waals surface area contributed by atoms with Crippen LogP contribution >= 0.6 is 0 Å². The van der Waals surface area contributed by atoms with Crippen LogP contribution in [0, 0.1) is 18.8 Å². The Kier molecular flexibility index (Phi) is 8.15. The number of carboxylic acid groups (broad SMARTS) is 1. The fourth-order valence-corrected chi connectivity index (χ4v) is 3.04. The SMILES string of the molecule is Cc1coc(CC(O)/C=C/[C@H]2CCCC(=O)N2CC#CCCCC(=O)O)c1. The summed E-state index contributed by atoms with van der Waals surface area (Å²) in [6.07, 6.45) is 8.29. The Morgan fingerprint density at radius 3 is 3.00 bits per heavy atom. The first kappa shape index (κ1) is 20.8. The van der Waals surface area contributed by atoms with Gasteiger partial charge in [-0.3, -0.25) is 9.59 Å². The van der Waals surface area contributed by atoms with Crippen molar-refractivity contribution in [2.24, 2.45) is 0 Å². The zero-order valence-electron chi connectivity index (χ0n) is 15.7. The van der Waals surface area contributed by atoms with E-state index in [4.69, 9.17) is 9.52 Å². The second-order valence-corrected chi connectivity index (χ2v) is 6.83. The fraction of sp³-hybridized carbons (Fsp3) is 0.524. The van der Waals surface area contributed by atoms with Gasteiger partial charge in [0.05, 0.1) is 25.0 Å². The number of carbonyl (C=O) groups excluding carboxylic acids is 1. The van der Waals surface area contributed by atoms with Gasteiger partial charge < -0.3 is 19.5 Å². The highest BCUT2D eigenvalue weighted by Gasteiger charge is 2.25. The molecule has 0 aliphatic carbocycles. The van der Waals surface area contributed by atoms with Crippen molar-refractivity contribution in [3.63, 3.8) is 0 Å². The average Bonchev–Trinajstić information content (AvgIpc) is 3.02. The maximum absolute atomic E-state index is 12.2. The molecule has 27 heavy (non-hydrogen) atoms. The molecule has 2 heterocycles. The third-order valence-electron chi connectivity index (χ3n) is 4.43. The number of nitrogens with zero attached hydrogens (tertiary/aromatic N) is 1. The van der Waals surface area contributed by atoms with Gasteiger partial charge in [0.25, 0.3) is 0 Å². The van der Waals surface area contributed by atoms with Crippen molar-refractivity contribution in [1.29, 1.82) is 0 Å². The van der Waals surface area contributed by atoms with Crippen molar-refractivity contribution >= 4 is 11.9 Å². The van der Waals surface area contributed by atoms with Gasteiger partial charge in [-0.1, -0.05) is 18.1 Å². The summed E-state index contributed by atoms with van der Waals surface area (Å²) in [6, 6.07) is 1.82. The molecule has 0 bridgehead atoms. The highest BCUT2D eigenvalue weighted by atomic mass is 16.4. The zero-order valence-corrected chi connectivity index (χ0v) is 15.7. The van der Waals surface area contributed by atoms with E-state index in [1.54, 1.807) is 17.2 Å². The quantitative estimate of drug-likeness (QED) is 0.415. The van der Waals surface area contributed by atoms with Crippen molar-refractivity contribution in [3.05, 3.63) is 35.8 Å². The molecule has 6 heteroatoms. The molecule has 2 atom stereocenters. The normalized spacial score (nSPS) is 18.4. The van der Waals surface area contributed by atoms with Gasteiger partial charge in [-0.05, 0) is 37.8 Å². The molecule has 1 aliphatic heterocycles. The predicted octanol–water partition coefficient (Wildman–Crippen LogP) is 2.69. The molecular weight excluding hydrogens is 346 g/mol. The lowest BCUT2D eigenvalue weighted by molar-refractivity contribution is -0.137. The third kappa shape index (κ3) is 7.32. The van der Waals surface area contributed by atoms with Crippen molar-refractivity contribution in [1.82, 2.24) is 4.90 Å². The smallest absolute Gasteiger partial charge is 0.303 e. The van der Waals surface area contributed by atoms with Gasteiger partial charge in [0, 0.05) is 25.7 Å². The van der Waals surface area contributed by atoms with E-state index in [1.807, 2.05) is 19.1 Å². The van der Waals surface area contributed by atoms with Crippen LogP contribution in [0.25, 0.3) is 0 Å². The number of carbonyl (C=O) groups is 2. The topological polar surface area (TPSA) is 91.0 Å². The summed E-state index contributed by atoms with van der Waals surface area (Å²) < 4.78 is 5.35. The number of furan rings is 1. The molecule has 0 saturated carbocycles. The van der Waals surface area contributed by atoms with E-state index in [9.17, 15) is 14.7 Å². The first-order valence-corrected chi connectivity index (χ1v) is 9.33. The maximum Gasteiger partial charge on any atom is 0.303 e. The molecule has 1 fully saturated rings. The van der Waals surface area contributed by atoms with E-state index in [-0.39, 0.29) is 18.4 Å². The summed E-state index contributed by atoms with van der Waals surface area (Å²) in [7, 11) is 0. The van der Waals surface area contributed by atoms with Crippen molar-refractivity contribution in [2.45, 2.75) is 64.0 Å². The lowest BCUT2D eigenvalue weighted by Gasteiger charge is -2.32. The largest absolute Gasteiger partial charge is 0.481 e. The Balaban J connectivity index is 1.87. The summed E-state index contributed by atoms with van der Waals surface area (Å²) in [5.74, 6) is 5.88. The van der Waals surface area contributed by atoms with Crippen molar-refractivity contribution < 1.29 is 24.2 Å². The molecule has 1 aromatic rings. The maximum atomic E-state index is 12.2. The Bertz CT molecular complexity index is 724. The molecule has 1 amide bonds. The van der Waals surface area contributed by atoms with Gasteiger partial charge >= 0.3 is 5.97 Å². The standard InChI is InChI=1S/C21H27NO5/c1-16-13-19(27-15-16)14-18(23)11-10-17-7-6-8-20(24)22(17)12-5-3-2-4-9-21(25)26/h10-11,13,15,17-18,23H,2,4,6-9,12,14H2,1H3,(H,25,26)/b11-10+/t17-,18?/m1/s1. The molecule has 0 radical (unpaired) electrons. The van der Waals surface area contributed by atoms with E-state index in [2.05, 4.69) is 11.8 Å². The van der Waals surface area contributed by atoms with Crippen LogP contribution in [-0.4, -0.2) is 45.7 Å². The number of hydrogen-bond acceptors (Lipinski definition) is 4. The Morgan fingerprint density at radius 1 is 1.48 bits per heavy atom. The van der Waals surface area contributed by atoms with Gasteiger partial charge in [0.15, 0.2) is 0 Å². The molecule has 2 rings (SSSR count). The Hall–Kier alpha value is -2.52. The number of aliphatic hydroxyl groups excluding tert-OH is 1. The highest BCUT2D eigenvalue weighted by molar-refractivity contribution is 5.77. The first-order chi connectivity index (χ1) is 13.0. The van der Waals surface area contributed by atoms with E-state index < -0.39 is 12.1 Å². The summed E-state index contributed by atoms with van der Waals surface area (Å²) in [4.78, 5) is 24.4. The number of carboxylic acids is 1. The van der Waals surface area contributed by atoms with Crippen LogP contribution in [0.3, 0.4) is 0 Å². The molecule has 1 aromatic heterocycles. The van der Waals surface area contributed by atoms with Gasteiger partial charge in [-0.15, -0.1) is 5.92 Å². The lowest BCUT2D eigenvalue weighted by atomic mass is 10.00. The molecule has 1 aliphatic rings. The molecule has 146 valence electrons. The van der Waals surface area contributed by atoms with E-state index >= 15 is 0 Å². The van der Waals surface area contributed by atoms with Crippen LogP contribution in [0.15, 0.2) is 28.9 Å². The summed E-state index contributed by atoms with van der Waals surface area (Å²) in [6.45, 7) is 2.26. The number of hydrogen-bond donors (Lipinski definition) is 2. The first-order valence-electron chi connectivity index (χ1n) is 9.33. The average molecular weight is 373 g/mol. The number of aliphatic hydroxyl groups is 1. The number of unbranched alkanes of at least 4 members (excludes halogenated alkanes) is 1. The number of piperidine rings is 1. The molecule has 2 N–H and O–H groups in total. The van der Waals surface area contributed by atoms with Gasteiger partial charge in [-0.25, -0.2) is 0 Å². The molecule has 1 saturated heterocycles. The third-order valence-corrected chi connectivity index (χ3v) is 4.43. The van der Waals surface area contributed by atoms with Crippen LogP contribution in [0.2, 0.25) is 0 Å². The minimum Gasteiger partial charge on any atom is -0.481 e. The Morgan fingerprint density at radius 2 is 2.30 bits per heavy atom. The minimum absolute atomic E-state index is 0.0619. The monoisotopic (exact) mass is 373 g/mol. The molecular formula is C21H27NO5. The zero-order chi connectivity index (χ0) is 19.6. The van der Waals surface area contributed by atoms with Gasteiger partial charge in [0.2, 0.25) is 5.91 Å². The number of likely N-dealkylation sites (tertiary alicyclic amines) is 1. The van der Waals surface area contributed by atoms with Crippen LogP contribution in [-0.2, 0) is 16.0 Å². The highest BCUT2D eigenvalue weighted by Crippen LogP contribution is 2.19. The van der Waals surface area contributed by atoms with Crippen LogP contribution < -0.4 is 0 Å². The molecule has 1 unspecified atom stereocenters. The van der Waals surface area contributed by atoms with Crippen LogP contribution in [0.5, 0.6) is 0 Å². The van der Waals surface area contributed by atoms with Crippen LogP contribution in [0.1, 0.15) is 49.8 Å². The number of rotatable bonds is 8. The second-order valence-electron chi connectivity index (χ2n) is 6.83. The van der Waals surface area contributed by atoms with Crippen LogP contribution in [0.4, 0.5) is 0 Å². The van der Waals surface area contributed by atoms with E-state index in [0.717, 1.165) is 24.2 Å². The predicted molar refractivity (Wildman–Crippen MR) is 101 cm³/mol. The van der Waals surface area contributed by atoms with E-state index in [1.165, 1.54) is 0 Å². The summed E-state index contributed by atoms with van der Waals surface area (Å²) >= 11 is 0. The van der Waals surface area contributed by atoms with Crippen molar-refractivity contribution in [3.8, 4) is 11.8 Å². The summed E-state index contributed by atoms with van der Waals surface area (Å²) in [5.41, 5.74) is 1.02. The molecule has 6 nitrogen and oxygen atoms in total. The molecule has 0 spiro atoms. The number of amides is 1. The number of aliphatic carboxylic acids is 1. The Labute approximate surface area is 159 Å². The van der Waals surface area contributed by atoms with Crippen molar-refractivity contribution in [2.75, 3.05) is 6.54 Å². The lowest BCUT2D eigenvalue weighted by Crippen LogP contribution is -2.42.